The number of hydrogen-bond donors (Lipinski definition) is 0. The lowest BCUT2D eigenvalue weighted by Gasteiger charge is -2.37. The van der Waals surface area contributed by atoms with Gasteiger partial charge in [0, 0.05) is 8.80 Å². The highest BCUT2D eigenvalue weighted by Crippen LogP contribution is 2.44. The van der Waals surface area contributed by atoms with E-state index >= 15 is 0 Å². The van der Waals surface area contributed by atoms with E-state index in [4.69, 9.17) is 0 Å². The van der Waals surface area contributed by atoms with Crippen molar-refractivity contribution in [2.24, 2.45) is 5.92 Å². The first-order chi connectivity index (χ1) is 12.6. The molecule has 1 aliphatic heterocycles. The number of benzene rings is 1. The Balaban J connectivity index is 1.46. The molecule has 3 rings (SSSR count). The largest absolute Gasteiger partial charge is 0.204 e. The Morgan fingerprint density at radius 1 is 0.885 bits per heavy atom. The third-order valence-corrected chi connectivity index (χ3v) is 11.2. The summed E-state index contributed by atoms with van der Waals surface area (Å²) in [6, 6.07) is 5.01. The van der Waals surface area contributed by atoms with Gasteiger partial charge in [0.25, 0.3) is 0 Å². The van der Waals surface area contributed by atoms with Crippen LogP contribution in [0.15, 0.2) is 12.1 Å². The molecule has 1 aliphatic carbocycles. The predicted molar refractivity (Wildman–Crippen MR) is 105 cm³/mol. The molecule has 146 valence electrons. The molecule has 0 aromatic heterocycles. The van der Waals surface area contributed by atoms with Gasteiger partial charge in [-0.25, -0.2) is 13.2 Å². The van der Waals surface area contributed by atoms with Gasteiger partial charge in [-0.2, -0.15) is 0 Å². The Bertz CT molecular complexity index is 550. The first-order valence-electron chi connectivity index (χ1n) is 10.7. The first kappa shape index (κ1) is 20.0. The van der Waals surface area contributed by atoms with Crippen LogP contribution in [0, 0.1) is 23.4 Å². The van der Waals surface area contributed by atoms with Gasteiger partial charge in [-0.15, -0.1) is 0 Å². The van der Waals surface area contributed by atoms with E-state index in [2.05, 4.69) is 6.92 Å². The summed E-state index contributed by atoms with van der Waals surface area (Å²) in [6.45, 7) is 2.27. The molecule has 0 N–H and O–H groups in total. The predicted octanol–water partition coefficient (Wildman–Crippen LogP) is 7.35. The Labute approximate surface area is 158 Å². The molecule has 0 bridgehead atoms. The van der Waals surface area contributed by atoms with Gasteiger partial charge in [-0.3, -0.25) is 0 Å². The molecule has 1 aromatic rings. The molecule has 0 unspecified atom stereocenters. The van der Waals surface area contributed by atoms with E-state index in [1.807, 2.05) is 0 Å². The summed E-state index contributed by atoms with van der Waals surface area (Å²) in [5, 5.41) is 0. The zero-order chi connectivity index (χ0) is 18.5. The second-order valence-electron chi connectivity index (χ2n) is 8.69. The van der Waals surface area contributed by atoms with Gasteiger partial charge in [-0.05, 0) is 47.9 Å². The fraction of sp³-hybridized carbons (Fsp3) is 0.727. The fourth-order valence-corrected chi connectivity index (χ4v) is 9.59. The highest BCUT2D eigenvalue weighted by atomic mass is 28.3. The summed E-state index contributed by atoms with van der Waals surface area (Å²) >= 11 is 0. The molecule has 0 radical (unpaired) electrons. The SMILES string of the molecule is CCCCC[C@H]1CC[C@H]([Si@H]2CC[C@H](c3cc(F)c(F)c(F)c3)CC2)CC1. The van der Waals surface area contributed by atoms with Crippen molar-refractivity contribution in [1.82, 2.24) is 0 Å². The van der Waals surface area contributed by atoms with Crippen LogP contribution in [0.4, 0.5) is 13.2 Å². The van der Waals surface area contributed by atoms with E-state index < -0.39 is 26.2 Å². The summed E-state index contributed by atoms with van der Waals surface area (Å²) in [5.41, 5.74) is 1.65. The van der Waals surface area contributed by atoms with Gasteiger partial charge in [0.15, 0.2) is 17.5 Å². The molecule has 4 heteroatoms. The van der Waals surface area contributed by atoms with Crippen LogP contribution in [-0.4, -0.2) is 8.80 Å². The van der Waals surface area contributed by atoms with E-state index in [1.54, 1.807) is 0 Å². The van der Waals surface area contributed by atoms with Gasteiger partial charge in [-0.1, -0.05) is 70.4 Å². The maximum atomic E-state index is 13.5. The van der Waals surface area contributed by atoms with Crippen molar-refractivity contribution in [2.75, 3.05) is 0 Å². The van der Waals surface area contributed by atoms with E-state index in [0.717, 1.165) is 24.3 Å². The zero-order valence-corrected chi connectivity index (χ0v) is 17.2. The summed E-state index contributed by atoms with van der Waals surface area (Å²) in [6.07, 6.45) is 13.3. The normalized spacial score (nSPS) is 29.7. The van der Waals surface area contributed by atoms with Crippen molar-refractivity contribution >= 4 is 8.80 Å². The van der Waals surface area contributed by atoms with E-state index in [0.29, 0.717) is 5.56 Å². The van der Waals surface area contributed by atoms with Gasteiger partial charge in [0.1, 0.15) is 0 Å². The molecule has 0 amide bonds. The quantitative estimate of drug-likeness (QED) is 0.274. The van der Waals surface area contributed by atoms with Crippen LogP contribution < -0.4 is 0 Å². The third kappa shape index (κ3) is 4.93. The number of unbranched alkanes of at least 4 members (excludes halogenated alkanes) is 2. The first-order valence-corrected chi connectivity index (χ1v) is 13.0. The standard InChI is InChI=1S/C22H33F3Si/c1-2-3-4-5-16-6-8-19(9-7-16)26-12-10-17(11-13-26)18-14-20(23)22(25)21(24)15-18/h14-17,19,26H,2-13H2,1H3/t16-,17-,19-,26-. The molecular formula is C22H33F3Si. The molecule has 1 heterocycles. The van der Waals surface area contributed by atoms with Crippen LogP contribution >= 0.6 is 0 Å². The van der Waals surface area contributed by atoms with E-state index in [1.165, 1.54) is 75.6 Å². The molecular weight excluding hydrogens is 349 g/mol. The van der Waals surface area contributed by atoms with Crippen LogP contribution in [0.5, 0.6) is 0 Å². The van der Waals surface area contributed by atoms with Crippen molar-refractivity contribution in [3.05, 3.63) is 35.1 Å². The molecule has 2 aliphatic rings. The minimum atomic E-state index is -1.34. The Morgan fingerprint density at radius 2 is 1.50 bits per heavy atom. The van der Waals surface area contributed by atoms with Gasteiger partial charge >= 0.3 is 0 Å². The molecule has 0 spiro atoms. The lowest BCUT2D eigenvalue weighted by atomic mass is 9.85. The van der Waals surface area contributed by atoms with Crippen LogP contribution in [0.1, 0.15) is 82.6 Å². The van der Waals surface area contributed by atoms with Gasteiger partial charge in [0.05, 0.1) is 0 Å². The monoisotopic (exact) mass is 382 g/mol. The molecule has 1 saturated carbocycles. The molecule has 0 nitrogen and oxygen atoms in total. The summed E-state index contributed by atoms with van der Waals surface area (Å²) in [7, 11) is -0.726. The summed E-state index contributed by atoms with van der Waals surface area (Å²) in [5.74, 6) is -2.24. The highest BCUT2D eigenvalue weighted by Gasteiger charge is 2.32. The minimum Gasteiger partial charge on any atom is -0.204 e. The number of rotatable bonds is 6. The second-order valence-corrected chi connectivity index (χ2v) is 12.3. The lowest BCUT2D eigenvalue weighted by Crippen LogP contribution is -2.29. The molecule has 1 aromatic carbocycles. The van der Waals surface area contributed by atoms with Crippen molar-refractivity contribution in [2.45, 2.75) is 94.7 Å². The average Bonchev–Trinajstić information content (AvgIpc) is 2.67. The lowest BCUT2D eigenvalue weighted by molar-refractivity contribution is 0.325. The van der Waals surface area contributed by atoms with E-state index in [-0.39, 0.29) is 5.92 Å². The second kappa shape index (κ2) is 9.43. The van der Waals surface area contributed by atoms with Crippen LogP contribution in [0.25, 0.3) is 0 Å². The van der Waals surface area contributed by atoms with Crippen molar-refractivity contribution in [3.8, 4) is 0 Å². The van der Waals surface area contributed by atoms with Crippen molar-refractivity contribution < 1.29 is 13.2 Å². The number of halogens is 3. The summed E-state index contributed by atoms with van der Waals surface area (Å²) in [4.78, 5) is 0. The van der Waals surface area contributed by atoms with Crippen molar-refractivity contribution in [1.29, 1.82) is 0 Å². The fourth-order valence-electron chi connectivity index (χ4n) is 5.37. The molecule has 1 saturated heterocycles. The van der Waals surface area contributed by atoms with Crippen LogP contribution in [-0.2, 0) is 0 Å². The third-order valence-electron chi connectivity index (χ3n) is 7.02. The topological polar surface area (TPSA) is 0 Å². The maximum absolute atomic E-state index is 13.5. The van der Waals surface area contributed by atoms with Gasteiger partial charge < -0.3 is 0 Å². The maximum Gasteiger partial charge on any atom is 0.194 e. The summed E-state index contributed by atoms with van der Waals surface area (Å²) < 4.78 is 40.2. The smallest absolute Gasteiger partial charge is 0.194 e. The number of hydrogen-bond acceptors (Lipinski definition) is 0. The molecule has 2 fully saturated rings. The van der Waals surface area contributed by atoms with E-state index in [9.17, 15) is 13.2 Å². The van der Waals surface area contributed by atoms with Gasteiger partial charge in [0.2, 0.25) is 0 Å². The minimum absolute atomic E-state index is 0.216. The highest BCUT2D eigenvalue weighted by molar-refractivity contribution is 6.60. The van der Waals surface area contributed by atoms with Crippen LogP contribution in [0.2, 0.25) is 17.6 Å². The average molecular weight is 383 g/mol. The Morgan fingerprint density at radius 3 is 2.08 bits per heavy atom. The Hall–Kier alpha value is -0.773. The Kier molecular flexibility index (Phi) is 7.25. The van der Waals surface area contributed by atoms with Crippen LogP contribution in [0.3, 0.4) is 0 Å². The molecule has 26 heavy (non-hydrogen) atoms. The molecule has 0 atom stereocenters. The zero-order valence-electron chi connectivity index (χ0n) is 16.1. The van der Waals surface area contributed by atoms with Crippen molar-refractivity contribution in [3.63, 3.8) is 0 Å².